The third-order valence-electron chi connectivity index (χ3n) is 6.92. The summed E-state index contributed by atoms with van der Waals surface area (Å²) in [5.74, 6) is -0.899. The first-order valence-electron chi connectivity index (χ1n) is 13.7. The molecule has 2 aromatic rings. The van der Waals surface area contributed by atoms with Crippen LogP contribution in [-0.4, -0.2) is 69.6 Å². The van der Waals surface area contributed by atoms with Crippen molar-refractivity contribution < 1.29 is 33.5 Å². The topological polar surface area (TPSA) is 143 Å². The van der Waals surface area contributed by atoms with Crippen LogP contribution in [0, 0.1) is 10.1 Å². The van der Waals surface area contributed by atoms with Crippen molar-refractivity contribution in [3.63, 3.8) is 0 Å². The highest BCUT2D eigenvalue weighted by atomic mass is 16.6. The zero-order valence-corrected chi connectivity index (χ0v) is 23.3. The van der Waals surface area contributed by atoms with E-state index < -0.39 is 29.1 Å². The predicted octanol–water partition coefficient (Wildman–Crippen LogP) is 4.02. The van der Waals surface area contributed by atoms with E-state index in [1.807, 2.05) is 12.1 Å². The maximum Gasteiger partial charge on any atom is 0.381 e. The van der Waals surface area contributed by atoms with Gasteiger partial charge in [-0.3, -0.25) is 14.2 Å². The number of carbonyl (C=O) groups excluding carboxylic acids is 3. The largest absolute Gasteiger partial charge is 0.488 e. The fourth-order valence-electron chi connectivity index (χ4n) is 4.84. The van der Waals surface area contributed by atoms with Gasteiger partial charge in [-0.05, 0) is 47.4 Å². The lowest BCUT2D eigenvalue weighted by atomic mass is 10.1. The Morgan fingerprint density at radius 2 is 1.90 bits per heavy atom. The van der Waals surface area contributed by atoms with Gasteiger partial charge in [0.1, 0.15) is 30.1 Å². The van der Waals surface area contributed by atoms with Crippen LogP contribution in [-0.2, 0) is 30.3 Å². The molecule has 3 rings (SSSR count). The number of amides is 1. The van der Waals surface area contributed by atoms with Gasteiger partial charge in [-0.2, -0.15) is 0 Å². The van der Waals surface area contributed by atoms with Gasteiger partial charge >= 0.3 is 17.8 Å². The van der Waals surface area contributed by atoms with E-state index in [1.165, 1.54) is 29.1 Å². The molecule has 0 radical (unpaired) electrons. The Morgan fingerprint density at radius 3 is 2.52 bits per heavy atom. The predicted molar refractivity (Wildman–Crippen MR) is 145 cm³/mol. The van der Waals surface area contributed by atoms with Crippen molar-refractivity contribution in [2.75, 3.05) is 20.3 Å². The van der Waals surface area contributed by atoms with E-state index >= 15 is 0 Å². The second kappa shape index (κ2) is 15.0. The number of hydrogen-bond acceptors (Lipinski definition) is 9. The summed E-state index contributed by atoms with van der Waals surface area (Å²) in [5, 5.41) is 11.2. The van der Waals surface area contributed by atoms with E-state index in [4.69, 9.17) is 14.2 Å². The van der Waals surface area contributed by atoms with E-state index in [-0.39, 0.29) is 37.1 Å². The Balaban J connectivity index is 1.73. The normalized spacial score (nSPS) is 17.3. The molecule has 1 fully saturated rings. The van der Waals surface area contributed by atoms with E-state index in [0.717, 1.165) is 31.2 Å². The summed E-state index contributed by atoms with van der Waals surface area (Å²) in [5.41, 5.74) is 0.955. The van der Waals surface area contributed by atoms with Gasteiger partial charge in [-0.25, -0.2) is 4.79 Å². The van der Waals surface area contributed by atoms with Crippen molar-refractivity contribution in [3.05, 3.63) is 52.5 Å². The first-order chi connectivity index (χ1) is 19.3. The number of hydrogen-bond donors (Lipinski definition) is 0. The van der Waals surface area contributed by atoms with Crippen molar-refractivity contribution in [3.8, 4) is 5.75 Å². The molecule has 0 bridgehead atoms. The third kappa shape index (κ3) is 8.27. The summed E-state index contributed by atoms with van der Waals surface area (Å²) in [6.07, 6.45) is 7.31. The first-order valence-corrected chi connectivity index (χ1v) is 13.7. The second-order valence-corrected chi connectivity index (χ2v) is 9.76. The number of nitrogens with zero attached hydrogens (tertiary/aromatic N) is 4. The molecule has 40 heavy (non-hydrogen) atoms. The number of methoxy groups -OCH3 is 1. The number of carbonyl (C=O) groups is 3. The van der Waals surface area contributed by atoms with Gasteiger partial charge in [0.15, 0.2) is 0 Å². The zero-order chi connectivity index (χ0) is 29.1. The molecule has 2 heterocycles. The van der Waals surface area contributed by atoms with Crippen LogP contribution < -0.4 is 4.74 Å². The third-order valence-corrected chi connectivity index (χ3v) is 6.92. The summed E-state index contributed by atoms with van der Waals surface area (Å²) in [7, 11) is 1.27. The Bertz CT molecular complexity index is 1150. The lowest BCUT2D eigenvalue weighted by molar-refractivity contribution is -0.389. The molecule has 1 saturated heterocycles. The molecule has 1 aromatic carbocycles. The Labute approximate surface area is 233 Å². The average molecular weight is 559 g/mol. The van der Waals surface area contributed by atoms with Crippen LogP contribution >= 0.6 is 0 Å². The van der Waals surface area contributed by atoms with E-state index in [0.29, 0.717) is 25.2 Å². The average Bonchev–Trinajstić information content (AvgIpc) is 3.60. The number of aryl methyl sites for hydroxylation is 1. The van der Waals surface area contributed by atoms with E-state index in [9.17, 15) is 24.5 Å². The van der Waals surface area contributed by atoms with Crippen LogP contribution in [0.15, 0.2) is 36.8 Å². The number of rotatable bonds is 15. The number of unbranched alkanes of at least 4 members (excludes halogenated alkanes) is 3. The summed E-state index contributed by atoms with van der Waals surface area (Å²) < 4.78 is 17.6. The van der Waals surface area contributed by atoms with Gasteiger partial charge in [0.25, 0.3) is 0 Å². The number of imidazole rings is 1. The highest BCUT2D eigenvalue weighted by molar-refractivity contribution is 5.87. The molecule has 0 aliphatic carbocycles. The zero-order valence-electron chi connectivity index (χ0n) is 23.3. The van der Waals surface area contributed by atoms with Crippen molar-refractivity contribution in [1.82, 2.24) is 14.5 Å². The van der Waals surface area contributed by atoms with Crippen molar-refractivity contribution in [2.24, 2.45) is 0 Å². The number of aromatic nitrogens is 2. The van der Waals surface area contributed by atoms with Gasteiger partial charge in [-0.1, -0.05) is 44.7 Å². The maximum atomic E-state index is 13.8. The molecule has 0 unspecified atom stereocenters. The van der Waals surface area contributed by atoms with Crippen LogP contribution in [0.1, 0.15) is 70.4 Å². The number of benzene rings is 1. The maximum absolute atomic E-state index is 13.8. The molecule has 1 aliphatic heterocycles. The minimum absolute atomic E-state index is 0.158. The highest BCUT2D eigenvalue weighted by Crippen LogP contribution is 2.29. The molecule has 1 amide bonds. The summed E-state index contributed by atoms with van der Waals surface area (Å²) >= 11 is 0. The summed E-state index contributed by atoms with van der Waals surface area (Å²) in [6, 6.07) is 5.72. The Morgan fingerprint density at radius 1 is 1.15 bits per heavy atom. The highest BCUT2D eigenvalue weighted by Gasteiger charge is 2.44. The number of likely N-dealkylation sites (tertiary alicyclic amines) is 1. The van der Waals surface area contributed by atoms with Crippen LogP contribution in [0.4, 0.5) is 5.82 Å². The van der Waals surface area contributed by atoms with Gasteiger partial charge in [0.2, 0.25) is 12.2 Å². The van der Waals surface area contributed by atoms with Gasteiger partial charge in [0.05, 0.1) is 20.3 Å². The lowest BCUT2D eigenvalue weighted by Crippen LogP contribution is -2.44. The fourth-order valence-corrected chi connectivity index (χ4v) is 4.84. The summed E-state index contributed by atoms with van der Waals surface area (Å²) in [4.78, 5) is 54.0. The molecule has 12 nitrogen and oxygen atoms in total. The SMILES string of the molecule is CCCCCC[C@H](C(=O)N1C[C@@H](Oc2ccc(CCC(=O)OCC)cc2)C[C@H]1C(=O)OC)n1cnc([N+](=O)[O-])c1. The van der Waals surface area contributed by atoms with Crippen LogP contribution in [0.5, 0.6) is 5.75 Å². The van der Waals surface area contributed by atoms with Crippen LogP contribution in [0.25, 0.3) is 0 Å². The van der Waals surface area contributed by atoms with Gasteiger partial charge in [-0.15, -0.1) is 0 Å². The van der Waals surface area contributed by atoms with Crippen molar-refractivity contribution >= 4 is 23.7 Å². The quantitative estimate of drug-likeness (QED) is 0.137. The summed E-state index contributed by atoms with van der Waals surface area (Å²) in [6.45, 7) is 4.36. The Kier molecular flexibility index (Phi) is 11.5. The number of nitro groups is 1. The molecule has 1 aliphatic rings. The molecular formula is C28H38N4O8. The minimum atomic E-state index is -0.844. The molecule has 1 aromatic heterocycles. The molecule has 218 valence electrons. The van der Waals surface area contributed by atoms with Crippen molar-refractivity contribution in [2.45, 2.75) is 83.4 Å². The van der Waals surface area contributed by atoms with Gasteiger partial charge < -0.3 is 29.2 Å². The second-order valence-electron chi connectivity index (χ2n) is 9.76. The van der Waals surface area contributed by atoms with Gasteiger partial charge in [0, 0.05) is 12.8 Å². The molecule has 12 heteroatoms. The standard InChI is InChI=1S/C28H38N4O8/c1-4-6-7-8-9-23(30-18-25(29-19-30)32(36)37)27(34)31-17-22(16-24(31)28(35)38-3)40-21-13-10-20(11-14-21)12-15-26(33)39-5-2/h10-11,13-14,18-19,22-24H,4-9,12,15-17H2,1-3H3/t22-,23+,24-/m0/s1. The molecule has 0 N–H and O–H groups in total. The van der Waals surface area contributed by atoms with Crippen LogP contribution in [0.3, 0.4) is 0 Å². The molecule has 0 saturated carbocycles. The lowest BCUT2D eigenvalue weighted by Gasteiger charge is -2.27. The minimum Gasteiger partial charge on any atom is -0.488 e. The molecular weight excluding hydrogens is 520 g/mol. The van der Waals surface area contributed by atoms with E-state index in [2.05, 4.69) is 11.9 Å². The molecule has 0 spiro atoms. The monoisotopic (exact) mass is 558 g/mol. The molecule has 3 atom stereocenters. The number of esters is 2. The Hall–Kier alpha value is -3.96. The smallest absolute Gasteiger partial charge is 0.381 e. The fraction of sp³-hybridized carbons (Fsp3) is 0.571. The van der Waals surface area contributed by atoms with Crippen LogP contribution in [0.2, 0.25) is 0 Å². The van der Waals surface area contributed by atoms with Crippen molar-refractivity contribution in [1.29, 1.82) is 0 Å². The first kappa shape index (κ1) is 30.6. The number of ether oxygens (including phenoxy) is 3. The van der Waals surface area contributed by atoms with E-state index in [1.54, 1.807) is 19.1 Å².